The highest BCUT2D eigenvalue weighted by atomic mass is 16.5. The van der Waals surface area contributed by atoms with Gasteiger partial charge in [-0.3, -0.25) is 4.79 Å². The maximum atomic E-state index is 12.0. The third-order valence-electron chi connectivity index (χ3n) is 3.26. The van der Waals surface area contributed by atoms with Gasteiger partial charge in [0.2, 0.25) is 0 Å². The molecule has 0 bridgehead atoms. The van der Waals surface area contributed by atoms with E-state index >= 15 is 0 Å². The number of nitrogens with one attached hydrogen (secondary N) is 2. The SMILES string of the molecule is COc1ccccc1NC(C)C(=O)N/N=C/c1ccc(O)cc1O. The Morgan fingerprint density at radius 2 is 2.00 bits per heavy atom. The van der Waals surface area contributed by atoms with Gasteiger partial charge in [0.1, 0.15) is 23.3 Å². The highest BCUT2D eigenvalue weighted by molar-refractivity contribution is 5.88. The molecule has 0 spiro atoms. The number of nitrogens with zero attached hydrogens (tertiary/aromatic N) is 1. The first-order valence-corrected chi connectivity index (χ1v) is 7.25. The number of para-hydroxylation sites is 2. The molecule has 2 aromatic rings. The van der Waals surface area contributed by atoms with Crippen LogP contribution in [0.2, 0.25) is 0 Å². The van der Waals surface area contributed by atoms with Crippen molar-refractivity contribution in [1.82, 2.24) is 5.43 Å². The fraction of sp³-hybridized carbons (Fsp3) is 0.176. The van der Waals surface area contributed by atoms with Gasteiger partial charge in [-0.1, -0.05) is 12.1 Å². The van der Waals surface area contributed by atoms with Crippen LogP contribution in [-0.4, -0.2) is 35.5 Å². The van der Waals surface area contributed by atoms with Crippen LogP contribution < -0.4 is 15.5 Å². The summed E-state index contributed by atoms with van der Waals surface area (Å²) in [5, 5.41) is 25.7. The Labute approximate surface area is 139 Å². The van der Waals surface area contributed by atoms with Crippen molar-refractivity contribution in [2.24, 2.45) is 5.10 Å². The van der Waals surface area contributed by atoms with E-state index in [-0.39, 0.29) is 17.4 Å². The molecule has 0 aromatic heterocycles. The summed E-state index contributed by atoms with van der Waals surface area (Å²) in [6, 6.07) is 10.8. The number of phenols is 2. The zero-order valence-corrected chi connectivity index (χ0v) is 13.4. The molecule has 1 amide bonds. The van der Waals surface area contributed by atoms with Crippen LogP contribution in [0.15, 0.2) is 47.6 Å². The number of hydrazone groups is 1. The second kappa shape index (κ2) is 7.87. The van der Waals surface area contributed by atoms with E-state index in [1.165, 1.54) is 24.4 Å². The lowest BCUT2D eigenvalue weighted by atomic mass is 10.2. The van der Waals surface area contributed by atoms with E-state index in [0.29, 0.717) is 17.0 Å². The van der Waals surface area contributed by atoms with E-state index in [0.717, 1.165) is 0 Å². The lowest BCUT2D eigenvalue weighted by Gasteiger charge is -2.15. The van der Waals surface area contributed by atoms with Crippen LogP contribution in [0.4, 0.5) is 5.69 Å². The Balaban J connectivity index is 1.95. The Hall–Kier alpha value is -3.22. The van der Waals surface area contributed by atoms with E-state index in [4.69, 9.17) is 4.74 Å². The molecule has 0 aliphatic heterocycles. The first-order chi connectivity index (χ1) is 11.5. The van der Waals surface area contributed by atoms with Gasteiger partial charge in [0.15, 0.2) is 0 Å². The van der Waals surface area contributed by atoms with Crippen molar-refractivity contribution in [3.05, 3.63) is 48.0 Å². The van der Waals surface area contributed by atoms with Crippen LogP contribution in [0.25, 0.3) is 0 Å². The van der Waals surface area contributed by atoms with E-state index in [2.05, 4.69) is 15.8 Å². The van der Waals surface area contributed by atoms with Gasteiger partial charge < -0.3 is 20.3 Å². The Morgan fingerprint density at radius 3 is 2.71 bits per heavy atom. The summed E-state index contributed by atoms with van der Waals surface area (Å²) in [7, 11) is 1.56. The van der Waals surface area contributed by atoms with E-state index < -0.39 is 6.04 Å². The highest BCUT2D eigenvalue weighted by Gasteiger charge is 2.13. The van der Waals surface area contributed by atoms with Crippen LogP contribution in [0.5, 0.6) is 17.2 Å². The van der Waals surface area contributed by atoms with Crippen molar-refractivity contribution in [2.75, 3.05) is 12.4 Å². The van der Waals surface area contributed by atoms with Crippen molar-refractivity contribution in [3.8, 4) is 17.2 Å². The molecule has 2 aromatic carbocycles. The van der Waals surface area contributed by atoms with Crippen LogP contribution in [0.3, 0.4) is 0 Å². The molecule has 1 atom stereocenters. The first-order valence-electron chi connectivity index (χ1n) is 7.25. The second-order valence-corrected chi connectivity index (χ2v) is 5.04. The third-order valence-corrected chi connectivity index (χ3v) is 3.26. The van der Waals surface area contributed by atoms with Crippen molar-refractivity contribution in [1.29, 1.82) is 0 Å². The highest BCUT2D eigenvalue weighted by Crippen LogP contribution is 2.23. The van der Waals surface area contributed by atoms with Crippen LogP contribution in [0.1, 0.15) is 12.5 Å². The minimum atomic E-state index is -0.549. The van der Waals surface area contributed by atoms with E-state index in [1.807, 2.05) is 12.1 Å². The predicted molar refractivity (Wildman–Crippen MR) is 91.6 cm³/mol. The first kappa shape index (κ1) is 17.1. The van der Waals surface area contributed by atoms with Gasteiger partial charge in [0, 0.05) is 11.6 Å². The van der Waals surface area contributed by atoms with E-state index in [1.54, 1.807) is 26.2 Å². The number of ether oxygens (including phenoxy) is 1. The zero-order chi connectivity index (χ0) is 17.5. The zero-order valence-electron chi connectivity index (χ0n) is 13.4. The van der Waals surface area contributed by atoms with Gasteiger partial charge in [-0.15, -0.1) is 0 Å². The van der Waals surface area contributed by atoms with Crippen molar-refractivity contribution in [2.45, 2.75) is 13.0 Å². The van der Waals surface area contributed by atoms with Gasteiger partial charge in [0.05, 0.1) is 19.0 Å². The van der Waals surface area contributed by atoms with Crippen LogP contribution in [0, 0.1) is 0 Å². The quantitative estimate of drug-likeness (QED) is 0.480. The third kappa shape index (κ3) is 4.39. The van der Waals surface area contributed by atoms with Crippen LogP contribution >= 0.6 is 0 Å². The largest absolute Gasteiger partial charge is 0.508 e. The van der Waals surface area contributed by atoms with Gasteiger partial charge in [-0.2, -0.15) is 5.10 Å². The summed E-state index contributed by atoms with van der Waals surface area (Å²) in [5.74, 6) is 0.0987. The fourth-order valence-electron chi connectivity index (χ4n) is 1.97. The summed E-state index contributed by atoms with van der Waals surface area (Å²) in [4.78, 5) is 12.0. The number of rotatable bonds is 6. The lowest BCUT2D eigenvalue weighted by molar-refractivity contribution is -0.121. The number of hydrogen-bond donors (Lipinski definition) is 4. The Bertz CT molecular complexity index is 746. The average Bonchev–Trinajstić information content (AvgIpc) is 2.57. The molecule has 1 unspecified atom stereocenters. The number of carbonyl (C=O) groups is 1. The molecule has 126 valence electrons. The maximum absolute atomic E-state index is 12.0. The molecular weight excluding hydrogens is 310 g/mol. The van der Waals surface area contributed by atoms with Gasteiger partial charge >= 0.3 is 0 Å². The van der Waals surface area contributed by atoms with Gasteiger partial charge in [0.25, 0.3) is 5.91 Å². The topological polar surface area (TPSA) is 103 Å². The molecular formula is C17H19N3O4. The fourth-order valence-corrected chi connectivity index (χ4v) is 1.97. The summed E-state index contributed by atoms with van der Waals surface area (Å²) in [6.07, 6.45) is 1.29. The summed E-state index contributed by atoms with van der Waals surface area (Å²) < 4.78 is 5.22. The molecule has 0 aliphatic rings. The predicted octanol–water partition coefficient (Wildman–Crippen LogP) is 2.06. The normalized spacial score (nSPS) is 11.9. The Kier molecular flexibility index (Phi) is 5.62. The molecule has 0 saturated carbocycles. The number of methoxy groups -OCH3 is 1. The molecule has 4 N–H and O–H groups in total. The van der Waals surface area contributed by atoms with Crippen LogP contribution in [-0.2, 0) is 4.79 Å². The molecule has 0 radical (unpaired) electrons. The number of phenolic OH excluding ortho intramolecular Hbond substituents is 2. The molecule has 24 heavy (non-hydrogen) atoms. The van der Waals surface area contributed by atoms with Crippen molar-refractivity contribution < 1.29 is 19.7 Å². The average molecular weight is 329 g/mol. The van der Waals surface area contributed by atoms with Gasteiger partial charge in [-0.05, 0) is 31.2 Å². The number of hydrogen-bond acceptors (Lipinski definition) is 6. The maximum Gasteiger partial charge on any atom is 0.262 e. The molecule has 7 nitrogen and oxygen atoms in total. The number of aromatic hydroxyl groups is 2. The second-order valence-electron chi connectivity index (χ2n) is 5.04. The Morgan fingerprint density at radius 1 is 1.25 bits per heavy atom. The van der Waals surface area contributed by atoms with Gasteiger partial charge in [-0.25, -0.2) is 5.43 Å². The molecule has 2 rings (SSSR count). The summed E-state index contributed by atoms with van der Waals surface area (Å²) in [6.45, 7) is 1.69. The molecule has 0 fully saturated rings. The molecule has 0 aliphatic carbocycles. The smallest absolute Gasteiger partial charge is 0.262 e. The number of carbonyl (C=O) groups excluding carboxylic acids is 1. The van der Waals surface area contributed by atoms with Crippen molar-refractivity contribution >= 4 is 17.8 Å². The number of benzene rings is 2. The lowest BCUT2D eigenvalue weighted by Crippen LogP contribution is -2.35. The summed E-state index contributed by atoms with van der Waals surface area (Å²) in [5.41, 5.74) is 3.45. The van der Waals surface area contributed by atoms with E-state index in [9.17, 15) is 15.0 Å². The van der Waals surface area contributed by atoms with Crippen molar-refractivity contribution in [3.63, 3.8) is 0 Å². The monoisotopic (exact) mass is 329 g/mol. The molecule has 0 heterocycles. The number of anilines is 1. The number of amides is 1. The molecule has 7 heteroatoms. The standard InChI is InChI=1S/C17H19N3O4/c1-11(19-14-5-3-4-6-16(14)24-2)17(23)20-18-10-12-7-8-13(21)9-15(12)22/h3-11,19,21-22H,1-2H3,(H,20,23)/b18-10+. The minimum absolute atomic E-state index is 0.0525. The molecule has 0 saturated heterocycles. The summed E-state index contributed by atoms with van der Waals surface area (Å²) >= 11 is 0. The minimum Gasteiger partial charge on any atom is -0.508 e.